The van der Waals surface area contributed by atoms with Gasteiger partial charge in [0.2, 0.25) is 5.91 Å². The van der Waals surface area contributed by atoms with Gasteiger partial charge in [-0.2, -0.15) is 0 Å². The third kappa shape index (κ3) is 3.99. The molecule has 2 N–H and O–H groups in total. The summed E-state index contributed by atoms with van der Waals surface area (Å²) in [7, 11) is 1.69. The molecule has 1 aromatic rings. The van der Waals surface area contributed by atoms with E-state index in [4.69, 9.17) is 15.2 Å². The van der Waals surface area contributed by atoms with Crippen molar-refractivity contribution in [2.24, 2.45) is 5.73 Å². The molecular formula is C17H26N2O3. The number of piperidine rings is 1. The summed E-state index contributed by atoms with van der Waals surface area (Å²) >= 11 is 0. The molecule has 1 aromatic carbocycles. The van der Waals surface area contributed by atoms with Crippen molar-refractivity contribution in [1.29, 1.82) is 0 Å². The van der Waals surface area contributed by atoms with Crippen molar-refractivity contribution in [2.75, 3.05) is 33.4 Å². The van der Waals surface area contributed by atoms with Crippen LogP contribution in [0.1, 0.15) is 24.8 Å². The fourth-order valence-corrected chi connectivity index (χ4v) is 2.86. The van der Waals surface area contributed by atoms with Gasteiger partial charge in [0, 0.05) is 26.6 Å². The molecule has 5 nitrogen and oxygen atoms in total. The van der Waals surface area contributed by atoms with Crippen LogP contribution >= 0.6 is 0 Å². The normalized spacial score (nSPS) is 21.7. The van der Waals surface area contributed by atoms with Crippen LogP contribution in [0.4, 0.5) is 0 Å². The Bertz CT molecular complexity index is 506. The Hall–Kier alpha value is -1.59. The van der Waals surface area contributed by atoms with E-state index in [1.54, 1.807) is 7.11 Å². The maximum Gasteiger partial charge on any atom is 0.223 e. The fraction of sp³-hybridized carbons (Fsp3) is 0.588. The van der Waals surface area contributed by atoms with Crippen molar-refractivity contribution >= 4 is 5.91 Å². The number of methoxy groups -OCH3 is 1. The summed E-state index contributed by atoms with van der Waals surface area (Å²) in [5, 5.41) is 0. The van der Waals surface area contributed by atoms with Gasteiger partial charge in [-0.05, 0) is 31.4 Å². The van der Waals surface area contributed by atoms with Gasteiger partial charge in [-0.25, -0.2) is 0 Å². The van der Waals surface area contributed by atoms with E-state index >= 15 is 0 Å². The number of carbonyl (C=O) groups is 1. The molecule has 0 aliphatic carbocycles. The van der Waals surface area contributed by atoms with Crippen LogP contribution in [-0.4, -0.2) is 49.8 Å². The lowest BCUT2D eigenvalue weighted by Crippen LogP contribution is -2.54. The summed E-state index contributed by atoms with van der Waals surface area (Å²) in [5.41, 5.74) is 6.14. The lowest BCUT2D eigenvalue weighted by molar-refractivity contribution is -0.143. The number of para-hydroxylation sites is 1. The van der Waals surface area contributed by atoms with Crippen LogP contribution in [0.2, 0.25) is 0 Å². The second kappa shape index (κ2) is 7.61. The SMILES string of the molecule is CO[C@]1(COc2ccccc2C)CCCN(C(=O)CCN)C1. The molecule has 1 aliphatic rings. The lowest BCUT2D eigenvalue weighted by Gasteiger charge is -2.41. The number of ether oxygens (including phenoxy) is 2. The highest BCUT2D eigenvalue weighted by Gasteiger charge is 2.38. The van der Waals surface area contributed by atoms with E-state index < -0.39 is 5.60 Å². The number of hydrogen-bond donors (Lipinski definition) is 1. The topological polar surface area (TPSA) is 64.8 Å². The monoisotopic (exact) mass is 306 g/mol. The van der Waals surface area contributed by atoms with Crippen molar-refractivity contribution in [1.82, 2.24) is 4.90 Å². The van der Waals surface area contributed by atoms with Gasteiger partial charge in [0.1, 0.15) is 18.0 Å². The zero-order valence-corrected chi connectivity index (χ0v) is 13.5. The Labute approximate surface area is 132 Å². The molecule has 0 radical (unpaired) electrons. The third-order valence-corrected chi connectivity index (χ3v) is 4.27. The van der Waals surface area contributed by atoms with Crippen LogP contribution in [-0.2, 0) is 9.53 Å². The summed E-state index contributed by atoms with van der Waals surface area (Å²) < 4.78 is 11.7. The molecule has 22 heavy (non-hydrogen) atoms. The quantitative estimate of drug-likeness (QED) is 0.869. The van der Waals surface area contributed by atoms with E-state index in [1.807, 2.05) is 36.1 Å². The standard InChI is InChI=1S/C17H26N2O3/c1-14-6-3-4-7-15(14)22-13-17(21-2)9-5-11-19(12-17)16(20)8-10-18/h3-4,6-7H,5,8-13,18H2,1-2H3/t17-/m1/s1. The Balaban J connectivity index is 2.02. The van der Waals surface area contributed by atoms with Crippen molar-refractivity contribution in [3.63, 3.8) is 0 Å². The van der Waals surface area contributed by atoms with Crippen LogP contribution < -0.4 is 10.5 Å². The Morgan fingerprint density at radius 2 is 2.18 bits per heavy atom. The minimum Gasteiger partial charge on any atom is -0.490 e. The minimum atomic E-state index is -0.440. The first-order chi connectivity index (χ1) is 10.6. The van der Waals surface area contributed by atoms with Crippen LogP contribution in [0.5, 0.6) is 5.75 Å². The van der Waals surface area contributed by atoms with Crippen molar-refractivity contribution < 1.29 is 14.3 Å². The molecule has 0 saturated carbocycles. The smallest absolute Gasteiger partial charge is 0.223 e. The molecule has 2 rings (SSSR count). The van der Waals surface area contributed by atoms with Crippen LogP contribution in [0.15, 0.2) is 24.3 Å². The number of likely N-dealkylation sites (tertiary alicyclic amines) is 1. The van der Waals surface area contributed by atoms with Crippen molar-refractivity contribution in [2.45, 2.75) is 31.8 Å². The van der Waals surface area contributed by atoms with Gasteiger partial charge < -0.3 is 20.1 Å². The average Bonchev–Trinajstić information content (AvgIpc) is 2.54. The number of nitrogens with two attached hydrogens (primary N) is 1. The van der Waals surface area contributed by atoms with Gasteiger partial charge in [-0.15, -0.1) is 0 Å². The molecule has 0 spiro atoms. The van der Waals surface area contributed by atoms with E-state index in [9.17, 15) is 4.79 Å². The van der Waals surface area contributed by atoms with Crippen LogP contribution in [0.25, 0.3) is 0 Å². The first-order valence-electron chi connectivity index (χ1n) is 7.82. The maximum atomic E-state index is 12.1. The number of carbonyl (C=O) groups excluding carboxylic acids is 1. The van der Waals surface area contributed by atoms with Gasteiger partial charge >= 0.3 is 0 Å². The van der Waals surface area contributed by atoms with Crippen molar-refractivity contribution in [3.05, 3.63) is 29.8 Å². The molecule has 1 atom stereocenters. The number of hydrogen-bond acceptors (Lipinski definition) is 4. The molecule has 1 saturated heterocycles. The second-order valence-corrected chi connectivity index (χ2v) is 5.90. The second-order valence-electron chi connectivity index (χ2n) is 5.90. The van der Waals surface area contributed by atoms with Gasteiger partial charge in [0.05, 0.1) is 6.54 Å². The molecule has 122 valence electrons. The Morgan fingerprint density at radius 1 is 1.41 bits per heavy atom. The van der Waals surface area contributed by atoms with Crippen LogP contribution in [0.3, 0.4) is 0 Å². The van der Waals surface area contributed by atoms with Gasteiger partial charge in [0.15, 0.2) is 0 Å². The molecule has 1 amide bonds. The summed E-state index contributed by atoms with van der Waals surface area (Å²) in [6, 6.07) is 7.92. The maximum absolute atomic E-state index is 12.1. The number of benzene rings is 1. The fourth-order valence-electron chi connectivity index (χ4n) is 2.86. The van der Waals surface area contributed by atoms with Crippen LogP contribution in [0, 0.1) is 6.92 Å². The number of rotatable bonds is 6. The molecule has 1 aliphatic heterocycles. The van der Waals surface area contributed by atoms with E-state index in [-0.39, 0.29) is 5.91 Å². The zero-order valence-electron chi connectivity index (χ0n) is 13.5. The highest BCUT2D eigenvalue weighted by Crippen LogP contribution is 2.27. The predicted molar refractivity (Wildman–Crippen MR) is 85.9 cm³/mol. The Kier molecular flexibility index (Phi) is 5.80. The summed E-state index contributed by atoms with van der Waals surface area (Å²) in [6.07, 6.45) is 2.20. The molecule has 0 aromatic heterocycles. The first kappa shape index (κ1) is 16.8. The van der Waals surface area contributed by atoms with Gasteiger partial charge in [-0.1, -0.05) is 18.2 Å². The average molecular weight is 306 g/mol. The zero-order chi connectivity index (χ0) is 16.0. The Morgan fingerprint density at radius 3 is 2.86 bits per heavy atom. The third-order valence-electron chi connectivity index (χ3n) is 4.27. The van der Waals surface area contributed by atoms with E-state index in [0.29, 0.717) is 26.1 Å². The van der Waals surface area contributed by atoms with Gasteiger partial charge in [0.25, 0.3) is 0 Å². The summed E-state index contributed by atoms with van der Waals surface area (Å²) in [6.45, 7) is 4.19. The largest absolute Gasteiger partial charge is 0.490 e. The number of aryl methyl sites for hydroxylation is 1. The van der Waals surface area contributed by atoms with E-state index in [1.165, 1.54) is 0 Å². The molecule has 5 heteroatoms. The van der Waals surface area contributed by atoms with Crippen molar-refractivity contribution in [3.8, 4) is 5.75 Å². The molecule has 1 heterocycles. The number of amides is 1. The number of nitrogens with zero attached hydrogens (tertiary/aromatic N) is 1. The summed E-state index contributed by atoms with van der Waals surface area (Å²) in [4.78, 5) is 13.9. The van der Waals surface area contributed by atoms with Gasteiger partial charge in [-0.3, -0.25) is 4.79 Å². The summed E-state index contributed by atoms with van der Waals surface area (Å²) in [5.74, 6) is 0.962. The first-order valence-corrected chi connectivity index (χ1v) is 7.82. The molecular weight excluding hydrogens is 280 g/mol. The lowest BCUT2D eigenvalue weighted by atomic mass is 9.93. The van der Waals surface area contributed by atoms with E-state index in [2.05, 4.69) is 0 Å². The highest BCUT2D eigenvalue weighted by atomic mass is 16.5. The van der Waals surface area contributed by atoms with E-state index in [0.717, 1.165) is 30.7 Å². The predicted octanol–water partition coefficient (Wildman–Crippen LogP) is 1.73. The molecule has 1 fully saturated rings. The minimum absolute atomic E-state index is 0.0968. The highest BCUT2D eigenvalue weighted by molar-refractivity contribution is 5.76. The molecule has 0 unspecified atom stereocenters. The molecule has 0 bridgehead atoms.